The number of imidazole rings is 1. The maximum atomic E-state index is 5.90. The second-order valence-corrected chi connectivity index (χ2v) is 4.49. The molecule has 2 aromatic rings. The number of halogens is 1. The highest BCUT2D eigenvalue weighted by atomic mass is 35.5. The van der Waals surface area contributed by atoms with E-state index in [9.17, 15) is 0 Å². The molecule has 1 aromatic carbocycles. The number of aryl methyl sites for hydroxylation is 1. The molecule has 0 aliphatic carbocycles. The van der Waals surface area contributed by atoms with Crippen molar-refractivity contribution in [3.05, 3.63) is 48.3 Å². The van der Waals surface area contributed by atoms with Crippen molar-refractivity contribution in [2.75, 3.05) is 17.3 Å². The summed E-state index contributed by atoms with van der Waals surface area (Å²) in [7, 11) is 0. The summed E-state index contributed by atoms with van der Waals surface area (Å²) in [5, 5.41) is 0. The van der Waals surface area contributed by atoms with Crippen molar-refractivity contribution >= 4 is 17.5 Å². The Balaban J connectivity index is 2.18. The molecule has 0 aliphatic heterocycles. The molecule has 0 amide bonds. The summed E-state index contributed by atoms with van der Waals surface area (Å²) >= 11 is 5.90. The highest BCUT2D eigenvalue weighted by Crippen LogP contribution is 2.15. The minimum absolute atomic E-state index is 0.601. The molecule has 0 fully saturated rings. The fourth-order valence-electron chi connectivity index (χ4n) is 1.99. The predicted molar refractivity (Wildman–Crippen MR) is 76.1 cm³/mol. The molecule has 18 heavy (non-hydrogen) atoms. The molecule has 1 aromatic heterocycles. The van der Waals surface area contributed by atoms with Crippen LogP contribution in [0.2, 0.25) is 0 Å². The second-order valence-electron chi connectivity index (χ2n) is 4.11. The topological polar surface area (TPSA) is 21.1 Å². The van der Waals surface area contributed by atoms with Crippen molar-refractivity contribution in [3.8, 4) is 0 Å². The number of alkyl halides is 1. The van der Waals surface area contributed by atoms with Crippen LogP contribution in [0.4, 0.5) is 5.95 Å². The van der Waals surface area contributed by atoms with Gasteiger partial charge < -0.3 is 9.47 Å². The zero-order chi connectivity index (χ0) is 12.8. The van der Waals surface area contributed by atoms with E-state index in [4.69, 9.17) is 11.6 Å². The molecule has 0 atom stereocenters. The Labute approximate surface area is 113 Å². The van der Waals surface area contributed by atoms with E-state index in [1.165, 1.54) is 5.56 Å². The molecule has 2 rings (SSSR count). The van der Waals surface area contributed by atoms with Gasteiger partial charge in [-0.05, 0) is 12.5 Å². The van der Waals surface area contributed by atoms with Crippen LogP contribution in [-0.2, 0) is 13.1 Å². The molecule has 4 heteroatoms. The standard InChI is InChI=1S/C14H18ClN3/c1-2-17-11-9-16-14(17)18(10-8-15)12-13-6-4-3-5-7-13/h3-7,9,11H,2,8,10,12H2,1H3. The molecule has 0 aliphatic rings. The van der Waals surface area contributed by atoms with Gasteiger partial charge in [0.2, 0.25) is 5.95 Å². The molecular weight excluding hydrogens is 246 g/mol. The number of benzene rings is 1. The van der Waals surface area contributed by atoms with Gasteiger partial charge in [-0.25, -0.2) is 4.98 Å². The van der Waals surface area contributed by atoms with Gasteiger partial charge in [-0.15, -0.1) is 11.6 Å². The summed E-state index contributed by atoms with van der Waals surface area (Å²) in [5.41, 5.74) is 1.27. The molecule has 0 unspecified atom stereocenters. The second kappa shape index (κ2) is 6.45. The Morgan fingerprint density at radius 3 is 2.72 bits per heavy atom. The first-order valence-corrected chi connectivity index (χ1v) is 6.74. The Morgan fingerprint density at radius 1 is 1.28 bits per heavy atom. The third-order valence-corrected chi connectivity index (χ3v) is 3.06. The van der Waals surface area contributed by atoms with Crippen LogP contribution in [0.25, 0.3) is 0 Å². The van der Waals surface area contributed by atoms with Crippen molar-refractivity contribution < 1.29 is 0 Å². The molecule has 96 valence electrons. The van der Waals surface area contributed by atoms with Crippen molar-refractivity contribution in [3.63, 3.8) is 0 Å². The van der Waals surface area contributed by atoms with E-state index >= 15 is 0 Å². The van der Waals surface area contributed by atoms with Crippen LogP contribution in [0.3, 0.4) is 0 Å². The third kappa shape index (κ3) is 3.05. The first kappa shape index (κ1) is 13.0. The Morgan fingerprint density at radius 2 is 2.06 bits per heavy atom. The van der Waals surface area contributed by atoms with Gasteiger partial charge in [0.1, 0.15) is 0 Å². The lowest BCUT2D eigenvalue weighted by atomic mass is 10.2. The van der Waals surface area contributed by atoms with Crippen LogP contribution in [0.15, 0.2) is 42.7 Å². The quantitative estimate of drug-likeness (QED) is 0.747. The molecule has 3 nitrogen and oxygen atoms in total. The van der Waals surface area contributed by atoms with E-state index in [-0.39, 0.29) is 0 Å². The number of hydrogen-bond acceptors (Lipinski definition) is 2. The fourth-order valence-corrected chi connectivity index (χ4v) is 2.19. The molecular formula is C14H18ClN3. The molecule has 0 N–H and O–H groups in total. The van der Waals surface area contributed by atoms with Crippen LogP contribution in [0.5, 0.6) is 0 Å². The summed E-state index contributed by atoms with van der Waals surface area (Å²) in [6.45, 7) is 4.67. The lowest BCUT2D eigenvalue weighted by molar-refractivity contribution is 0.701. The predicted octanol–water partition coefficient (Wildman–Crippen LogP) is 3.15. The summed E-state index contributed by atoms with van der Waals surface area (Å²) in [5.74, 6) is 1.59. The van der Waals surface area contributed by atoms with Gasteiger partial charge in [0.25, 0.3) is 0 Å². The summed E-state index contributed by atoms with van der Waals surface area (Å²) in [4.78, 5) is 6.65. The Hall–Kier alpha value is -1.48. The van der Waals surface area contributed by atoms with Crippen molar-refractivity contribution in [2.45, 2.75) is 20.0 Å². The van der Waals surface area contributed by atoms with E-state index in [1.807, 2.05) is 18.5 Å². The number of aromatic nitrogens is 2. The third-order valence-electron chi connectivity index (χ3n) is 2.89. The summed E-state index contributed by atoms with van der Waals surface area (Å²) in [6, 6.07) is 10.4. The minimum atomic E-state index is 0.601. The average Bonchev–Trinajstić information content (AvgIpc) is 2.87. The number of anilines is 1. The van der Waals surface area contributed by atoms with Crippen molar-refractivity contribution in [1.82, 2.24) is 9.55 Å². The molecule has 0 bridgehead atoms. The van der Waals surface area contributed by atoms with E-state index in [1.54, 1.807) is 0 Å². The maximum Gasteiger partial charge on any atom is 0.205 e. The normalized spacial score (nSPS) is 10.6. The van der Waals surface area contributed by atoms with Crippen LogP contribution >= 0.6 is 11.6 Å². The van der Waals surface area contributed by atoms with Gasteiger partial charge in [-0.2, -0.15) is 0 Å². The number of nitrogens with zero attached hydrogens (tertiary/aromatic N) is 3. The molecule has 1 heterocycles. The smallest absolute Gasteiger partial charge is 0.205 e. The maximum absolute atomic E-state index is 5.90. The Bertz CT molecular complexity index is 467. The molecule has 0 radical (unpaired) electrons. The van der Waals surface area contributed by atoms with Crippen LogP contribution in [0.1, 0.15) is 12.5 Å². The minimum Gasteiger partial charge on any atom is -0.337 e. The lowest BCUT2D eigenvalue weighted by Crippen LogP contribution is -2.27. The first-order chi connectivity index (χ1) is 8.85. The van der Waals surface area contributed by atoms with Gasteiger partial charge in [0, 0.05) is 37.9 Å². The van der Waals surface area contributed by atoms with Crippen LogP contribution < -0.4 is 4.90 Å². The van der Waals surface area contributed by atoms with E-state index in [0.717, 1.165) is 25.6 Å². The van der Waals surface area contributed by atoms with Gasteiger partial charge in [0.15, 0.2) is 0 Å². The number of rotatable bonds is 6. The largest absolute Gasteiger partial charge is 0.337 e. The van der Waals surface area contributed by atoms with Gasteiger partial charge in [0.05, 0.1) is 0 Å². The summed E-state index contributed by atoms with van der Waals surface area (Å²) < 4.78 is 2.13. The highest BCUT2D eigenvalue weighted by molar-refractivity contribution is 6.18. The summed E-state index contributed by atoms with van der Waals surface area (Å²) in [6.07, 6.45) is 3.84. The van der Waals surface area contributed by atoms with E-state index in [0.29, 0.717) is 5.88 Å². The first-order valence-electron chi connectivity index (χ1n) is 6.21. The molecule has 0 saturated heterocycles. The highest BCUT2D eigenvalue weighted by Gasteiger charge is 2.11. The average molecular weight is 264 g/mol. The van der Waals surface area contributed by atoms with Crippen molar-refractivity contribution in [2.24, 2.45) is 0 Å². The van der Waals surface area contributed by atoms with Gasteiger partial charge >= 0.3 is 0 Å². The Kier molecular flexibility index (Phi) is 4.65. The molecule has 0 spiro atoms. The lowest BCUT2D eigenvalue weighted by Gasteiger charge is -2.23. The van der Waals surface area contributed by atoms with Crippen LogP contribution in [-0.4, -0.2) is 22.0 Å². The van der Waals surface area contributed by atoms with Crippen LogP contribution in [0, 0.1) is 0 Å². The molecule has 0 saturated carbocycles. The fraction of sp³-hybridized carbons (Fsp3) is 0.357. The number of hydrogen-bond donors (Lipinski definition) is 0. The van der Waals surface area contributed by atoms with Gasteiger partial charge in [-0.1, -0.05) is 30.3 Å². The van der Waals surface area contributed by atoms with Gasteiger partial charge in [-0.3, -0.25) is 0 Å². The SMILES string of the molecule is CCn1ccnc1N(CCCl)Cc1ccccc1. The van der Waals surface area contributed by atoms with Crippen molar-refractivity contribution in [1.29, 1.82) is 0 Å². The zero-order valence-electron chi connectivity index (χ0n) is 10.6. The van der Waals surface area contributed by atoms with E-state index < -0.39 is 0 Å². The van der Waals surface area contributed by atoms with E-state index in [2.05, 4.69) is 45.6 Å². The monoisotopic (exact) mass is 263 g/mol. The zero-order valence-corrected chi connectivity index (χ0v) is 11.3.